The van der Waals surface area contributed by atoms with Crippen molar-refractivity contribution in [1.82, 2.24) is 29.6 Å². The number of fused-ring (bicyclic) bond motifs is 2. The molecule has 0 saturated carbocycles. The monoisotopic (exact) mass is 443 g/mol. The van der Waals surface area contributed by atoms with Gasteiger partial charge in [0, 0.05) is 36.1 Å². The topological polar surface area (TPSA) is 89.7 Å². The highest BCUT2D eigenvalue weighted by atomic mass is 16.1. The Balaban J connectivity index is 1.60. The van der Waals surface area contributed by atoms with Crippen LogP contribution in [0.5, 0.6) is 0 Å². The van der Waals surface area contributed by atoms with Gasteiger partial charge in [0.1, 0.15) is 5.39 Å². The molecule has 3 aromatic heterocycles. The molecule has 33 heavy (non-hydrogen) atoms. The van der Waals surface area contributed by atoms with Gasteiger partial charge in [-0.2, -0.15) is 4.98 Å². The van der Waals surface area contributed by atoms with E-state index in [1.165, 1.54) is 11.1 Å². The molecule has 0 radical (unpaired) electrons. The van der Waals surface area contributed by atoms with E-state index < -0.39 is 0 Å². The van der Waals surface area contributed by atoms with E-state index in [0.717, 1.165) is 30.9 Å². The van der Waals surface area contributed by atoms with Crippen molar-refractivity contribution in [2.75, 3.05) is 11.9 Å². The van der Waals surface area contributed by atoms with E-state index in [1.807, 2.05) is 25.1 Å². The molecular formula is C25H29N7O. The van der Waals surface area contributed by atoms with Gasteiger partial charge in [0.25, 0.3) is 5.56 Å². The fourth-order valence-electron chi connectivity index (χ4n) is 4.25. The second kappa shape index (κ2) is 8.12. The molecule has 2 N–H and O–H groups in total. The van der Waals surface area contributed by atoms with Gasteiger partial charge >= 0.3 is 0 Å². The summed E-state index contributed by atoms with van der Waals surface area (Å²) in [5, 5.41) is 7.19. The van der Waals surface area contributed by atoms with Crippen molar-refractivity contribution >= 4 is 22.7 Å². The fourth-order valence-corrected chi connectivity index (χ4v) is 4.25. The van der Waals surface area contributed by atoms with Gasteiger partial charge in [-0.25, -0.2) is 19.3 Å². The quantitative estimate of drug-likeness (QED) is 0.500. The van der Waals surface area contributed by atoms with Crippen LogP contribution in [0.1, 0.15) is 44.5 Å². The molecule has 0 saturated heterocycles. The molecule has 1 aliphatic heterocycles. The Morgan fingerprint density at radius 3 is 2.76 bits per heavy atom. The van der Waals surface area contributed by atoms with Crippen molar-refractivity contribution in [2.24, 2.45) is 0 Å². The van der Waals surface area contributed by atoms with Gasteiger partial charge < -0.3 is 10.6 Å². The zero-order valence-corrected chi connectivity index (χ0v) is 19.5. The van der Waals surface area contributed by atoms with E-state index in [4.69, 9.17) is 9.97 Å². The molecule has 1 aromatic carbocycles. The van der Waals surface area contributed by atoms with Crippen molar-refractivity contribution in [1.29, 1.82) is 0 Å². The van der Waals surface area contributed by atoms with Crippen molar-refractivity contribution in [3.05, 3.63) is 69.8 Å². The lowest BCUT2D eigenvalue weighted by Gasteiger charge is -2.19. The number of aromatic nitrogens is 5. The second-order valence-corrected chi connectivity index (χ2v) is 9.43. The summed E-state index contributed by atoms with van der Waals surface area (Å²) in [7, 11) is 0. The Morgan fingerprint density at radius 2 is 1.97 bits per heavy atom. The van der Waals surface area contributed by atoms with E-state index in [-0.39, 0.29) is 11.0 Å². The molecule has 0 atom stereocenters. The summed E-state index contributed by atoms with van der Waals surface area (Å²) < 4.78 is 3.46. The molecule has 8 heteroatoms. The Morgan fingerprint density at radius 1 is 1.12 bits per heavy atom. The summed E-state index contributed by atoms with van der Waals surface area (Å²) in [5.41, 5.74) is 4.83. The zero-order chi connectivity index (χ0) is 23.2. The molecule has 4 aromatic rings. The zero-order valence-electron chi connectivity index (χ0n) is 19.5. The van der Waals surface area contributed by atoms with Crippen LogP contribution in [0.4, 0.5) is 11.6 Å². The summed E-state index contributed by atoms with van der Waals surface area (Å²) in [4.78, 5) is 27.1. The van der Waals surface area contributed by atoms with E-state index in [9.17, 15) is 4.79 Å². The number of nitrogens with zero attached hydrogens (tertiary/aromatic N) is 5. The third-order valence-corrected chi connectivity index (χ3v) is 6.04. The van der Waals surface area contributed by atoms with Crippen LogP contribution >= 0.6 is 0 Å². The molecule has 170 valence electrons. The van der Waals surface area contributed by atoms with Crippen LogP contribution in [0.2, 0.25) is 0 Å². The summed E-state index contributed by atoms with van der Waals surface area (Å²) in [6, 6.07) is 12.2. The number of hydrogen-bond acceptors (Lipinski definition) is 6. The van der Waals surface area contributed by atoms with E-state index in [0.29, 0.717) is 29.3 Å². The van der Waals surface area contributed by atoms with Gasteiger partial charge in [-0.1, -0.05) is 32.9 Å². The highest BCUT2D eigenvalue weighted by Crippen LogP contribution is 2.24. The van der Waals surface area contributed by atoms with Crippen LogP contribution in [0, 0.1) is 0 Å². The number of nitrogens with one attached hydrogen (secondary N) is 2. The minimum absolute atomic E-state index is 0.112. The minimum Gasteiger partial charge on any atom is -0.324 e. The van der Waals surface area contributed by atoms with Gasteiger partial charge in [0.15, 0.2) is 11.5 Å². The van der Waals surface area contributed by atoms with Crippen LogP contribution in [-0.4, -0.2) is 30.9 Å². The number of benzene rings is 1. The van der Waals surface area contributed by atoms with Crippen LogP contribution in [0.15, 0.2) is 47.4 Å². The molecule has 0 unspecified atom stereocenters. The van der Waals surface area contributed by atoms with Crippen LogP contribution in [-0.2, 0) is 24.9 Å². The van der Waals surface area contributed by atoms with Gasteiger partial charge in [0.2, 0.25) is 5.95 Å². The van der Waals surface area contributed by atoms with Crippen molar-refractivity contribution < 1.29 is 0 Å². The molecule has 0 bridgehead atoms. The Hall–Kier alpha value is -3.52. The Labute approximate surface area is 192 Å². The smallest absolute Gasteiger partial charge is 0.278 e. The molecule has 0 amide bonds. The lowest BCUT2D eigenvalue weighted by Crippen LogP contribution is -2.23. The summed E-state index contributed by atoms with van der Waals surface area (Å²) in [6.45, 7) is 10.7. The number of rotatable bonds is 4. The van der Waals surface area contributed by atoms with E-state index >= 15 is 0 Å². The van der Waals surface area contributed by atoms with Gasteiger partial charge in [-0.15, -0.1) is 0 Å². The van der Waals surface area contributed by atoms with Crippen LogP contribution < -0.4 is 16.2 Å². The summed E-state index contributed by atoms with van der Waals surface area (Å²) >= 11 is 0. The maximum Gasteiger partial charge on any atom is 0.278 e. The molecule has 0 spiro atoms. The fraction of sp³-hybridized carbons (Fsp3) is 0.360. The number of anilines is 2. The molecule has 0 aliphatic carbocycles. The second-order valence-electron chi connectivity index (χ2n) is 9.43. The highest BCUT2D eigenvalue weighted by Gasteiger charge is 2.20. The lowest BCUT2D eigenvalue weighted by atomic mass is 9.92. The molecule has 5 rings (SSSR count). The van der Waals surface area contributed by atoms with Crippen molar-refractivity contribution in [2.45, 2.75) is 52.6 Å². The first-order chi connectivity index (χ1) is 15.8. The maximum atomic E-state index is 13.1. The third kappa shape index (κ3) is 3.91. The first-order valence-electron chi connectivity index (χ1n) is 11.4. The van der Waals surface area contributed by atoms with Crippen molar-refractivity contribution in [3.8, 4) is 5.82 Å². The van der Waals surface area contributed by atoms with E-state index in [1.54, 1.807) is 15.6 Å². The predicted octanol–water partition coefficient (Wildman–Crippen LogP) is 3.68. The largest absolute Gasteiger partial charge is 0.324 e. The molecule has 8 nitrogen and oxygen atoms in total. The molecule has 0 fully saturated rings. The Kier molecular flexibility index (Phi) is 5.25. The van der Waals surface area contributed by atoms with E-state index in [2.05, 4.69) is 54.6 Å². The SMILES string of the molecule is CCn1c(=O)c2cnc(Nc3ccc4c(c3)CNCC4)nc2n1-c1cccc(C(C)(C)C)n1. The normalized spacial score (nSPS) is 13.8. The Bertz CT molecular complexity index is 1390. The average Bonchev–Trinajstić information content (AvgIpc) is 3.09. The average molecular weight is 444 g/mol. The lowest BCUT2D eigenvalue weighted by molar-refractivity contribution is 0.545. The first kappa shape index (κ1) is 21.3. The third-order valence-electron chi connectivity index (χ3n) is 6.04. The first-order valence-corrected chi connectivity index (χ1v) is 11.4. The molecule has 4 heterocycles. The highest BCUT2D eigenvalue weighted by molar-refractivity contribution is 5.77. The van der Waals surface area contributed by atoms with Gasteiger partial charge in [-0.05, 0) is 55.3 Å². The van der Waals surface area contributed by atoms with Crippen LogP contribution in [0.3, 0.4) is 0 Å². The van der Waals surface area contributed by atoms with Gasteiger partial charge in [-0.3, -0.25) is 4.79 Å². The number of hydrogen-bond donors (Lipinski definition) is 2. The molecule has 1 aliphatic rings. The minimum atomic E-state index is -0.123. The summed E-state index contributed by atoms with van der Waals surface area (Å²) in [6.07, 6.45) is 2.64. The number of pyridine rings is 1. The van der Waals surface area contributed by atoms with Crippen molar-refractivity contribution in [3.63, 3.8) is 0 Å². The molecular weight excluding hydrogens is 414 g/mol. The summed E-state index contributed by atoms with van der Waals surface area (Å²) in [5.74, 6) is 1.11. The predicted molar refractivity (Wildman–Crippen MR) is 130 cm³/mol. The standard InChI is InChI=1S/C25H29N7O/c1-5-31-23(33)19-15-27-24(28-18-10-9-16-11-12-26-14-17(16)13-18)30-22(19)32(31)21-8-6-7-20(29-21)25(2,3)4/h6-10,13,15,26H,5,11-12,14H2,1-4H3,(H,27,28,30). The van der Waals surface area contributed by atoms with Gasteiger partial charge in [0.05, 0.1) is 0 Å². The van der Waals surface area contributed by atoms with Crippen LogP contribution in [0.25, 0.3) is 16.9 Å². The maximum absolute atomic E-state index is 13.1.